The Bertz CT molecular complexity index is 1060. The summed E-state index contributed by atoms with van der Waals surface area (Å²) in [5, 5.41) is 13.1. The quantitative estimate of drug-likeness (QED) is 0.458. The molecule has 1 aliphatic rings. The van der Waals surface area contributed by atoms with Crippen molar-refractivity contribution in [2.45, 2.75) is 18.7 Å². The van der Waals surface area contributed by atoms with E-state index in [9.17, 15) is 9.90 Å². The Hall–Kier alpha value is -2.05. The molecule has 1 fully saturated rings. The molecule has 1 saturated heterocycles. The van der Waals surface area contributed by atoms with Crippen molar-refractivity contribution in [3.8, 4) is 0 Å². The summed E-state index contributed by atoms with van der Waals surface area (Å²) in [7, 11) is 0. The first-order valence-electron chi connectivity index (χ1n) is 8.95. The van der Waals surface area contributed by atoms with E-state index >= 15 is 0 Å². The monoisotopic (exact) mass is 490 g/mol. The molecule has 3 aromatic rings. The van der Waals surface area contributed by atoms with Crippen LogP contribution in [0.2, 0.25) is 10.0 Å². The lowest BCUT2D eigenvalue weighted by atomic mass is 9.94. The van der Waals surface area contributed by atoms with E-state index in [2.05, 4.69) is 15.9 Å². The number of carbonyl (C=O) groups excluding carboxylic acids is 1. The molecule has 0 aliphatic carbocycles. The van der Waals surface area contributed by atoms with Crippen LogP contribution in [-0.2, 0) is 5.72 Å². The highest BCUT2D eigenvalue weighted by Gasteiger charge is 2.56. The van der Waals surface area contributed by atoms with Crippen LogP contribution in [0.5, 0.6) is 0 Å². The van der Waals surface area contributed by atoms with E-state index in [0.717, 1.165) is 4.47 Å². The molecule has 0 saturated carbocycles. The molecule has 3 aromatic carbocycles. The molecule has 0 radical (unpaired) electrons. The summed E-state index contributed by atoms with van der Waals surface area (Å²) in [6, 6.07) is 20.2. The Morgan fingerprint density at radius 1 is 0.931 bits per heavy atom. The van der Waals surface area contributed by atoms with Gasteiger partial charge >= 0.3 is 6.03 Å². The van der Waals surface area contributed by atoms with Gasteiger partial charge in [0.15, 0.2) is 5.72 Å². The molecule has 1 N–H and O–H groups in total. The van der Waals surface area contributed by atoms with Crippen molar-refractivity contribution >= 4 is 56.5 Å². The number of hydrogen-bond donors (Lipinski definition) is 1. The fraction of sp³-hybridized carbons (Fsp3) is 0.136. The summed E-state index contributed by atoms with van der Waals surface area (Å²) in [4.78, 5) is 16.6. The molecule has 29 heavy (non-hydrogen) atoms. The van der Waals surface area contributed by atoms with Crippen LogP contribution in [-0.4, -0.2) is 17.2 Å². The molecule has 2 unspecified atom stereocenters. The molecular weight excluding hydrogens is 475 g/mol. The maximum Gasteiger partial charge on any atom is 0.332 e. The van der Waals surface area contributed by atoms with Crippen LogP contribution in [0.1, 0.15) is 12.5 Å². The Balaban J connectivity index is 1.90. The highest BCUT2D eigenvalue weighted by atomic mass is 79.9. The molecule has 1 aliphatic heterocycles. The molecule has 4 rings (SSSR count). The minimum Gasteiger partial charge on any atom is -0.365 e. The Labute approximate surface area is 187 Å². The van der Waals surface area contributed by atoms with Gasteiger partial charge in [0.25, 0.3) is 0 Å². The van der Waals surface area contributed by atoms with Crippen LogP contribution < -0.4 is 9.80 Å². The van der Waals surface area contributed by atoms with Gasteiger partial charge in [-0.05, 0) is 67.6 Å². The molecule has 0 aromatic heterocycles. The van der Waals surface area contributed by atoms with Crippen molar-refractivity contribution in [3.63, 3.8) is 0 Å². The lowest BCUT2D eigenvalue weighted by Crippen LogP contribution is -2.48. The van der Waals surface area contributed by atoms with Crippen LogP contribution in [0.4, 0.5) is 16.2 Å². The molecular formula is C22H17BrCl2N2O2. The number of anilines is 2. The molecule has 0 spiro atoms. The largest absolute Gasteiger partial charge is 0.365 e. The number of halogens is 3. The second-order valence-corrected chi connectivity index (χ2v) is 8.64. The van der Waals surface area contributed by atoms with E-state index in [1.165, 1.54) is 4.90 Å². The van der Waals surface area contributed by atoms with Crippen molar-refractivity contribution < 1.29 is 9.90 Å². The molecule has 0 bridgehead atoms. The van der Waals surface area contributed by atoms with Crippen LogP contribution in [0.25, 0.3) is 0 Å². The van der Waals surface area contributed by atoms with Gasteiger partial charge in [0.05, 0.1) is 6.04 Å². The number of carbonyl (C=O) groups is 1. The second kappa shape index (κ2) is 7.65. The first kappa shape index (κ1) is 20.2. The van der Waals surface area contributed by atoms with Crippen molar-refractivity contribution in [2.75, 3.05) is 9.80 Å². The summed E-state index contributed by atoms with van der Waals surface area (Å²) in [5.74, 6) is 0. The van der Waals surface area contributed by atoms with E-state index in [-0.39, 0.29) is 6.03 Å². The maximum atomic E-state index is 13.6. The summed E-state index contributed by atoms with van der Waals surface area (Å²) >= 11 is 15.5. The summed E-state index contributed by atoms with van der Waals surface area (Å²) in [5.41, 5.74) is 0.190. The predicted octanol–water partition coefficient (Wildman–Crippen LogP) is 6.44. The van der Waals surface area contributed by atoms with Gasteiger partial charge in [-0.1, -0.05) is 51.3 Å². The smallest absolute Gasteiger partial charge is 0.332 e. The normalized spacial score (nSPS) is 21.7. The van der Waals surface area contributed by atoms with E-state index in [4.69, 9.17) is 23.2 Å². The zero-order valence-corrected chi connectivity index (χ0v) is 18.5. The number of rotatable bonds is 3. The third-order valence-corrected chi connectivity index (χ3v) is 6.14. The van der Waals surface area contributed by atoms with Crippen molar-refractivity contribution in [2.24, 2.45) is 0 Å². The minimum absolute atomic E-state index is 0.343. The Morgan fingerprint density at radius 3 is 2.03 bits per heavy atom. The van der Waals surface area contributed by atoms with E-state index in [1.807, 2.05) is 31.2 Å². The predicted molar refractivity (Wildman–Crippen MR) is 121 cm³/mol. The van der Waals surface area contributed by atoms with Gasteiger partial charge in [-0.3, -0.25) is 9.80 Å². The van der Waals surface area contributed by atoms with Crippen LogP contribution in [0.3, 0.4) is 0 Å². The third-order valence-electron chi connectivity index (χ3n) is 5.15. The van der Waals surface area contributed by atoms with E-state index < -0.39 is 11.8 Å². The van der Waals surface area contributed by atoms with Gasteiger partial charge < -0.3 is 5.11 Å². The number of nitrogens with zero attached hydrogens (tertiary/aromatic N) is 2. The van der Waals surface area contributed by atoms with Gasteiger partial charge in [-0.25, -0.2) is 4.79 Å². The number of aliphatic hydroxyl groups is 1. The average Bonchev–Trinajstić information content (AvgIpc) is 2.90. The fourth-order valence-electron chi connectivity index (χ4n) is 3.71. The van der Waals surface area contributed by atoms with Gasteiger partial charge in [-0.15, -0.1) is 0 Å². The van der Waals surface area contributed by atoms with Crippen molar-refractivity contribution in [1.82, 2.24) is 0 Å². The number of amides is 2. The average molecular weight is 492 g/mol. The van der Waals surface area contributed by atoms with Crippen LogP contribution in [0.15, 0.2) is 77.3 Å². The maximum absolute atomic E-state index is 13.6. The van der Waals surface area contributed by atoms with Crippen molar-refractivity contribution in [1.29, 1.82) is 0 Å². The van der Waals surface area contributed by atoms with Gasteiger partial charge in [0.1, 0.15) is 0 Å². The minimum atomic E-state index is -1.60. The standard InChI is InChI=1S/C22H17BrCl2N2O2/c1-14-22(29,15-3-2-4-16(23)13-15)27(20-11-7-18(25)8-12-20)21(28)26(14)19-9-5-17(24)6-10-19/h2-14,29H,1H3. The summed E-state index contributed by atoms with van der Waals surface area (Å²) in [6.45, 7) is 1.82. The molecule has 148 valence electrons. The van der Waals surface area contributed by atoms with E-state index in [0.29, 0.717) is 27.0 Å². The highest BCUT2D eigenvalue weighted by Crippen LogP contribution is 2.45. The number of benzene rings is 3. The SMILES string of the molecule is CC1N(c2ccc(Cl)cc2)C(=O)N(c2ccc(Cl)cc2)C1(O)c1cccc(Br)c1. The Morgan fingerprint density at radius 2 is 1.48 bits per heavy atom. The first-order chi connectivity index (χ1) is 13.8. The van der Waals surface area contributed by atoms with E-state index in [1.54, 1.807) is 53.4 Å². The first-order valence-corrected chi connectivity index (χ1v) is 10.5. The second-order valence-electron chi connectivity index (χ2n) is 6.85. The van der Waals surface area contributed by atoms with Crippen LogP contribution in [0, 0.1) is 0 Å². The summed E-state index contributed by atoms with van der Waals surface area (Å²) in [6.07, 6.45) is 0. The molecule has 4 nitrogen and oxygen atoms in total. The third kappa shape index (κ3) is 3.42. The van der Waals surface area contributed by atoms with Crippen molar-refractivity contribution in [3.05, 3.63) is 92.9 Å². The Kier molecular flexibility index (Phi) is 5.34. The summed E-state index contributed by atoms with van der Waals surface area (Å²) < 4.78 is 0.809. The van der Waals surface area contributed by atoms with Crippen LogP contribution >= 0.6 is 39.1 Å². The lowest BCUT2D eigenvalue weighted by Gasteiger charge is -2.35. The zero-order valence-electron chi connectivity index (χ0n) is 15.4. The van der Waals surface area contributed by atoms with Gasteiger partial charge in [-0.2, -0.15) is 0 Å². The molecule has 1 heterocycles. The topological polar surface area (TPSA) is 43.8 Å². The fourth-order valence-corrected chi connectivity index (χ4v) is 4.36. The molecule has 7 heteroatoms. The lowest BCUT2D eigenvalue weighted by molar-refractivity contribution is 0.0371. The van der Waals surface area contributed by atoms with Gasteiger partial charge in [0.2, 0.25) is 0 Å². The number of hydrogen-bond acceptors (Lipinski definition) is 2. The number of urea groups is 1. The highest BCUT2D eigenvalue weighted by molar-refractivity contribution is 9.10. The zero-order chi connectivity index (χ0) is 20.8. The molecule has 2 amide bonds. The van der Waals surface area contributed by atoms with Gasteiger partial charge in [0, 0.05) is 31.5 Å². The molecule has 2 atom stereocenters.